The Bertz CT molecular complexity index is 670. The number of H-pyrrole nitrogens is 1. The molecule has 0 radical (unpaired) electrons. The summed E-state index contributed by atoms with van der Waals surface area (Å²) in [4.78, 5) is 26.0. The second kappa shape index (κ2) is 5.96. The number of carbonyl (C=O) groups excluding carboxylic acids is 1. The van der Waals surface area contributed by atoms with E-state index in [-0.39, 0.29) is 12.4 Å². The number of rotatable bonds is 4. The minimum absolute atomic E-state index is 0.0933. The molecule has 104 valence electrons. The molecule has 0 unspecified atom stereocenters. The number of aromatic amines is 1. The number of aryl methyl sites for hydroxylation is 1. The van der Waals surface area contributed by atoms with Gasteiger partial charge in [-0.3, -0.25) is 9.89 Å². The average molecular weight is 278 g/mol. The molecule has 0 aliphatic heterocycles. The lowest BCUT2D eigenvalue weighted by Gasteiger charge is -2.08. The molecule has 0 amide bonds. The predicted molar refractivity (Wildman–Crippen MR) is 66.9 cm³/mol. The molecule has 0 bridgehead atoms. The second-order valence-electron chi connectivity index (χ2n) is 3.99. The average Bonchev–Trinajstić information content (AvgIpc) is 2.47. The second-order valence-corrected chi connectivity index (χ2v) is 3.99. The molecule has 0 fully saturated rings. The largest absolute Gasteiger partial charge is 0.483 e. The topological polar surface area (TPSA) is 81.3 Å². The van der Waals surface area contributed by atoms with Gasteiger partial charge in [0, 0.05) is 4.53 Å². The molecule has 1 N–H and O–H groups in total. The lowest BCUT2D eigenvalue weighted by Crippen LogP contribution is -2.22. The van der Waals surface area contributed by atoms with Gasteiger partial charge in [0.05, 0.1) is 5.69 Å². The molecule has 20 heavy (non-hydrogen) atoms. The Morgan fingerprint density at radius 1 is 1.35 bits per heavy atom. The summed E-state index contributed by atoms with van der Waals surface area (Å²) in [6, 6.07) is 9.15. The molecule has 2 aromatic rings. The van der Waals surface area contributed by atoms with Crippen LogP contribution in [0, 0.1) is 6.92 Å². The number of benzene rings is 1. The van der Waals surface area contributed by atoms with Crippen LogP contribution in [-0.4, -0.2) is 16.2 Å². The molecular weight excluding hydrogens is 267 g/mol. The monoisotopic (exact) mass is 278 g/mol. The number of hydrogen-bond donors (Lipinski definition) is 1. The predicted octanol–water partition coefficient (Wildman–Crippen LogP) is 1.70. The van der Waals surface area contributed by atoms with Crippen LogP contribution < -0.4 is 10.2 Å². The molecule has 0 atom stereocenters. The molecule has 2 rings (SSSR count). The van der Waals surface area contributed by atoms with E-state index in [2.05, 4.69) is 15.1 Å². The summed E-state index contributed by atoms with van der Waals surface area (Å²) in [5.74, 6) is -1.56. The van der Waals surface area contributed by atoms with E-state index in [1.54, 1.807) is 6.92 Å². The van der Waals surface area contributed by atoms with Gasteiger partial charge in [0.15, 0.2) is 5.75 Å². The van der Waals surface area contributed by atoms with Crippen molar-refractivity contribution in [2.75, 3.05) is 0 Å². The highest BCUT2D eigenvalue weighted by Gasteiger charge is 2.20. The third-order valence-electron chi connectivity index (χ3n) is 2.59. The highest BCUT2D eigenvalue weighted by atomic mass is 19.3. The number of nitrogens with one attached hydrogen (secondary N) is 1. The third-order valence-corrected chi connectivity index (χ3v) is 2.59. The summed E-state index contributed by atoms with van der Waals surface area (Å²) in [5.41, 5.74) is -0.333. The highest BCUT2D eigenvalue weighted by molar-refractivity contribution is 5.86. The Hall–Kier alpha value is -2.70. The van der Waals surface area contributed by atoms with Crippen LogP contribution >= 0.6 is 0 Å². The van der Waals surface area contributed by atoms with Gasteiger partial charge in [0.2, 0.25) is 5.69 Å². The van der Waals surface area contributed by atoms with E-state index in [1.165, 1.54) is 0 Å². The van der Waals surface area contributed by atoms with E-state index in [0.29, 0.717) is 5.69 Å². The fourth-order valence-corrected chi connectivity index (χ4v) is 1.60. The zero-order chi connectivity index (χ0) is 14.5. The van der Waals surface area contributed by atoms with E-state index < -0.39 is 17.1 Å². The number of halogens is 1. The maximum Gasteiger partial charge on any atom is 0.403 e. The van der Waals surface area contributed by atoms with Gasteiger partial charge in [-0.2, -0.15) is 5.10 Å². The van der Waals surface area contributed by atoms with Crippen molar-refractivity contribution in [1.82, 2.24) is 10.2 Å². The summed E-state index contributed by atoms with van der Waals surface area (Å²) >= 11 is 0. The molecule has 0 aliphatic rings. The SMILES string of the molecule is Cc1[nH]nc(C(=O)OF)c(=O)c1OCc1ccccc1. The molecule has 7 heteroatoms. The van der Waals surface area contributed by atoms with Crippen molar-refractivity contribution in [3.05, 3.63) is 57.5 Å². The van der Waals surface area contributed by atoms with E-state index >= 15 is 0 Å². The fourth-order valence-electron chi connectivity index (χ4n) is 1.60. The van der Waals surface area contributed by atoms with Crippen LogP contribution in [0.1, 0.15) is 21.7 Å². The van der Waals surface area contributed by atoms with Crippen molar-refractivity contribution in [2.45, 2.75) is 13.5 Å². The van der Waals surface area contributed by atoms with Gasteiger partial charge in [-0.1, -0.05) is 30.3 Å². The van der Waals surface area contributed by atoms with Crippen LogP contribution in [0.25, 0.3) is 0 Å². The maximum atomic E-state index is 11.9. The van der Waals surface area contributed by atoms with Crippen LogP contribution in [0.2, 0.25) is 0 Å². The molecule has 6 nitrogen and oxygen atoms in total. The number of hydrogen-bond acceptors (Lipinski definition) is 5. The molecular formula is C13H11FN2O4. The van der Waals surface area contributed by atoms with E-state index in [4.69, 9.17) is 4.74 Å². The number of ether oxygens (including phenoxy) is 1. The van der Waals surface area contributed by atoms with Gasteiger partial charge < -0.3 is 4.74 Å². The minimum atomic E-state index is -1.46. The van der Waals surface area contributed by atoms with Gasteiger partial charge in [0.1, 0.15) is 6.61 Å². The maximum absolute atomic E-state index is 11.9. The molecule has 1 heterocycles. The van der Waals surface area contributed by atoms with Gasteiger partial charge in [0.25, 0.3) is 5.43 Å². The standard InChI is InChI=1S/C13H11FN2O4/c1-8-12(19-7-9-5-3-2-4-6-9)11(17)10(16-15-8)13(18)20-14/h2-6H,7H2,1H3,(H,15,17). The molecule has 0 saturated carbocycles. The lowest BCUT2D eigenvalue weighted by atomic mass is 10.2. The molecule has 0 aliphatic carbocycles. The van der Waals surface area contributed by atoms with Crippen molar-refractivity contribution in [1.29, 1.82) is 0 Å². The summed E-state index contributed by atoms with van der Waals surface area (Å²) in [6.07, 6.45) is 0. The summed E-state index contributed by atoms with van der Waals surface area (Å²) in [6.45, 7) is 1.69. The smallest absolute Gasteiger partial charge is 0.403 e. The summed E-state index contributed by atoms with van der Waals surface area (Å²) < 4.78 is 17.2. The first-order chi connectivity index (χ1) is 9.63. The van der Waals surface area contributed by atoms with Crippen LogP contribution in [0.5, 0.6) is 5.75 Å². The van der Waals surface area contributed by atoms with Gasteiger partial charge in [-0.05, 0) is 12.5 Å². The van der Waals surface area contributed by atoms with Gasteiger partial charge >= 0.3 is 5.97 Å². The Morgan fingerprint density at radius 3 is 2.70 bits per heavy atom. The van der Waals surface area contributed by atoms with E-state index in [1.807, 2.05) is 30.3 Å². The van der Waals surface area contributed by atoms with Gasteiger partial charge in [-0.15, -0.1) is 0 Å². The zero-order valence-electron chi connectivity index (χ0n) is 10.6. The first-order valence-corrected chi connectivity index (χ1v) is 5.72. The van der Waals surface area contributed by atoms with Crippen LogP contribution in [-0.2, 0) is 11.5 Å². The van der Waals surface area contributed by atoms with Crippen LogP contribution in [0.3, 0.4) is 0 Å². The minimum Gasteiger partial charge on any atom is -0.483 e. The number of carbonyl (C=O) groups is 1. The normalized spacial score (nSPS) is 10.1. The highest BCUT2D eigenvalue weighted by Crippen LogP contribution is 2.12. The number of nitrogens with zero attached hydrogens (tertiary/aromatic N) is 1. The molecule has 0 spiro atoms. The first-order valence-electron chi connectivity index (χ1n) is 5.72. The molecule has 0 saturated heterocycles. The Balaban J connectivity index is 2.27. The van der Waals surface area contributed by atoms with Crippen LogP contribution in [0.4, 0.5) is 4.53 Å². The Labute approximate surface area is 113 Å². The van der Waals surface area contributed by atoms with Crippen molar-refractivity contribution in [2.24, 2.45) is 0 Å². The van der Waals surface area contributed by atoms with E-state index in [0.717, 1.165) is 5.56 Å². The summed E-state index contributed by atoms with van der Waals surface area (Å²) in [5, 5.41) is 5.85. The summed E-state index contributed by atoms with van der Waals surface area (Å²) in [7, 11) is 0. The molecule has 1 aromatic carbocycles. The van der Waals surface area contributed by atoms with Crippen LogP contribution in [0.15, 0.2) is 35.1 Å². The lowest BCUT2D eigenvalue weighted by molar-refractivity contribution is -0.0795. The van der Waals surface area contributed by atoms with Gasteiger partial charge in [-0.25, -0.2) is 9.74 Å². The zero-order valence-corrected chi connectivity index (χ0v) is 10.6. The Morgan fingerprint density at radius 2 is 2.05 bits per heavy atom. The van der Waals surface area contributed by atoms with Crippen molar-refractivity contribution < 1.29 is 19.0 Å². The fraction of sp³-hybridized carbons (Fsp3) is 0.154. The Kier molecular flexibility index (Phi) is 4.09. The van der Waals surface area contributed by atoms with Crippen molar-refractivity contribution in [3.8, 4) is 5.75 Å². The quantitative estimate of drug-likeness (QED) is 0.920. The van der Waals surface area contributed by atoms with Crippen molar-refractivity contribution in [3.63, 3.8) is 0 Å². The van der Waals surface area contributed by atoms with Crippen molar-refractivity contribution >= 4 is 5.97 Å². The number of aromatic nitrogens is 2. The van der Waals surface area contributed by atoms with E-state index in [9.17, 15) is 14.1 Å². The first kappa shape index (κ1) is 13.7. The third kappa shape index (κ3) is 2.82. The molecule has 1 aromatic heterocycles.